The van der Waals surface area contributed by atoms with Crippen LogP contribution in [0.15, 0.2) is 72.4 Å². The van der Waals surface area contributed by atoms with Crippen molar-refractivity contribution >= 4 is 92.5 Å². The molecule has 4 bridgehead atoms. The monoisotopic (exact) mass is 1300 g/mol. The molecule has 2 aromatic carbocycles. The van der Waals surface area contributed by atoms with E-state index in [-0.39, 0.29) is 59.4 Å². The van der Waals surface area contributed by atoms with Crippen LogP contribution in [0.25, 0.3) is 0 Å². The second kappa shape index (κ2) is 31.7. The maximum atomic E-state index is 14.6. The second-order valence-electron chi connectivity index (χ2n) is 22.8. The molecule has 2 fully saturated rings. The molecular formula is C61H84BrClN8O16. The number of nitrogens with two attached hydrogens (primary N) is 1. The van der Waals surface area contributed by atoms with Gasteiger partial charge in [0.15, 0.2) is 5.72 Å². The number of alkyl halides is 1. The van der Waals surface area contributed by atoms with E-state index in [2.05, 4.69) is 49.1 Å². The number of aliphatic hydroxyl groups is 1. The number of alkyl carbamates (subject to hydrolysis) is 1. The smallest absolute Gasteiger partial charge is 0.409 e. The molecule has 0 radical (unpaired) electrons. The summed E-state index contributed by atoms with van der Waals surface area (Å²) in [4.78, 5) is 124. The number of amides is 8. The number of epoxide rings is 1. The molecule has 11 atom stereocenters. The summed E-state index contributed by atoms with van der Waals surface area (Å²) in [6.07, 6.45) is 1.12. The highest BCUT2D eigenvalue weighted by atomic mass is 79.9. The molecule has 3 aliphatic rings. The minimum atomic E-state index is -1.93. The Balaban J connectivity index is 1.36. The number of hydrogen-bond donors (Lipinski definition) is 7. The third-order valence-electron chi connectivity index (χ3n) is 15.8. The summed E-state index contributed by atoms with van der Waals surface area (Å²) in [5.41, 5.74) is 4.07. The molecule has 0 saturated carbocycles. The zero-order valence-corrected chi connectivity index (χ0v) is 53.6. The number of primary amides is 1. The number of methoxy groups -OCH3 is 2. The number of para-hydroxylation sites is 1. The highest BCUT2D eigenvalue weighted by Gasteiger charge is 2.64. The van der Waals surface area contributed by atoms with E-state index in [9.17, 15) is 48.3 Å². The first kappa shape index (κ1) is 70.7. The molecular weight excluding hydrogens is 1220 g/mol. The Labute approximate surface area is 521 Å². The van der Waals surface area contributed by atoms with Crippen molar-refractivity contribution in [3.05, 3.63) is 88.5 Å². The van der Waals surface area contributed by atoms with E-state index in [1.165, 1.54) is 52.3 Å². The number of anilines is 2. The van der Waals surface area contributed by atoms with E-state index >= 15 is 0 Å². The number of nitrogens with zero attached hydrogens (tertiary/aromatic N) is 2. The number of hydrogen-bond acceptors (Lipinski definition) is 16. The first-order valence-corrected chi connectivity index (χ1v) is 30.3. The van der Waals surface area contributed by atoms with Crippen LogP contribution >= 0.6 is 27.5 Å². The number of unbranched alkanes of at least 4 members (excludes halogenated alkanes) is 1. The Kier molecular flexibility index (Phi) is 25.8. The zero-order chi connectivity index (χ0) is 64.7. The van der Waals surface area contributed by atoms with E-state index in [1.54, 1.807) is 71.0 Å². The van der Waals surface area contributed by atoms with Gasteiger partial charge < -0.3 is 70.3 Å². The minimum absolute atomic E-state index is 0.00742. The van der Waals surface area contributed by atoms with Gasteiger partial charge in [0.05, 0.1) is 42.7 Å². The van der Waals surface area contributed by atoms with Gasteiger partial charge in [-0.25, -0.2) is 19.2 Å². The van der Waals surface area contributed by atoms with Crippen LogP contribution in [-0.2, 0) is 58.9 Å². The molecule has 478 valence electrons. The number of benzene rings is 2. The number of allylic oxidation sites excluding steroid dienone is 3. The Hall–Kier alpha value is -7.06. The van der Waals surface area contributed by atoms with Gasteiger partial charge >= 0.3 is 24.1 Å². The van der Waals surface area contributed by atoms with Crippen molar-refractivity contribution < 1.29 is 76.7 Å². The number of nitrogens with one attached hydrogen (secondary N) is 5. The second-order valence-corrected chi connectivity index (χ2v) is 23.8. The quantitative estimate of drug-likeness (QED) is 0.0152. The number of fused-ring (bicyclic) bond motifs is 5. The van der Waals surface area contributed by atoms with Gasteiger partial charge in [0.2, 0.25) is 23.6 Å². The Bertz CT molecular complexity index is 2940. The van der Waals surface area contributed by atoms with Gasteiger partial charge in [0.1, 0.15) is 52.8 Å². The zero-order valence-electron chi connectivity index (χ0n) is 51.3. The van der Waals surface area contributed by atoms with E-state index in [0.717, 1.165) is 16.0 Å². The van der Waals surface area contributed by atoms with Crippen LogP contribution in [-0.4, -0.2) is 164 Å². The number of likely N-dealkylation sites (N-methyl/N-ethyl adjacent to an activating group) is 1. The molecule has 2 saturated heterocycles. The van der Waals surface area contributed by atoms with Crippen molar-refractivity contribution in [3.63, 3.8) is 0 Å². The molecule has 8 amide bonds. The van der Waals surface area contributed by atoms with Crippen LogP contribution in [0, 0.1) is 11.8 Å². The predicted octanol–water partition coefficient (Wildman–Crippen LogP) is 6.28. The third-order valence-corrected chi connectivity index (χ3v) is 16.8. The lowest BCUT2D eigenvalue weighted by Gasteiger charge is -2.42. The Morgan fingerprint density at radius 2 is 1.72 bits per heavy atom. The molecule has 8 N–H and O–H groups in total. The highest BCUT2D eigenvalue weighted by molar-refractivity contribution is 9.09. The lowest BCUT2D eigenvalue weighted by molar-refractivity contribution is -0.158. The van der Waals surface area contributed by atoms with E-state index in [1.807, 2.05) is 13.0 Å². The van der Waals surface area contributed by atoms with Crippen LogP contribution in [0.4, 0.5) is 21.0 Å². The Morgan fingerprint density at radius 3 is 2.38 bits per heavy atom. The molecule has 5 rings (SSSR count). The SMILES string of the molecule is C=C(CBr)C(=O)OC(C)CCCCC(=O)N[C@H](C(=O)N[C@@H](CCCNC(N)=O)C(=O)Nc1ccccc1C(=O)N(C)[C@@H](C)C(=O)O[C@H]1CC(=O)N(C)c2cc(cc(OC)c2Cl)C/C(C)=C/C=C/[C@@H](OC)[C@@]2(O)C[C@H](OC(=O)N2)[C@@H](C)[C@@H]2O[C@@]12C)C(C)C. The Morgan fingerprint density at radius 1 is 1.02 bits per heavy atom. The van der Waals surface area contributed by atoms with Crippen LogP contribution in [0.3, 0.4) is 0 Å². The first-order valence-electron chi connectivity index (χ1n) is 28.8. The van der Waals surface area contributed by atoms with Gasteiger partial charge in [-0.1, -0.05) is 90.8 Å². The van der Waals surface area contributed by atoms with Crippen molar-refractivity contribution in [2.45, 2.75) is 166 Å². The van der Waals surface area contributed by atoms with Crippen molar-refractivity contribution in [3.8, 4) is 5.75 Å². The average molecular weight is 1300 g/mol. The molecule has 1 unspecified atom stereocenters. The molecule has 0 spiro atoms. The average Bonchev–Trinajstić information content (AvgIpc) is 1.62. The van der Waals surface area contributed by atoms with Gasteiger partial charge in [0, 0.05) is 57.4 Å². The van der Waals surface area contributed by atoms with Gasteiger partial charge in [-0.05, 0) is 102 Å². The van der Waals surface area contributed by atoms with E-state index in [4.69, 9.17) is 45.8 Å². The van der Waals surface area contributed by atoms with E-state index in [0.29, 0.717) is 37.1 Å². The summed E-state index contributed by atoms with van der Waals surface area (Å²) < 4.78 is 35.0. The summed E-state index contributed by atoms with van der Waals surface area (Å²) >= 11 is 10.0. The third kappa shape index (κ3) is 19.0. The molecule has 2 aromatic rings. The van der Waals surface area contributed by atoms with Gasteiger partial charge in [-0.2, -0.15) is 0 Å². The fourth-order valence-corrected chi connectivity index (χ4v) is 10.8. The topological polar surface area (TPSA) is 325 Å². The van der Waals surface area contributed by atoms with Crippen LogP contribution in [0.5, 0.6) is 5.75 Å². The number of rotatable bonds is 24. The highest BCUT2D eigenvalue weighted by Crippen LogP contribution is 2.49. The number of halogens is 2. The lowest BCUT2D eigenvalue weighted by atomic mass is 9.83. The van der Waals surface area contributed by atoms with Crippen LogP contribution in [0.1, 0.15) is 116 Å². The first-order chi connectivity index (χ1) is 41.0. The van der Waals surface area contributed by atoms with Gasteiger partial charge in [-0.15, -0.1) is 0 Å². The predicted molar refractivity (Wildman–Crippen MR) is 328 cm³/mol. The van der Waals surface area contributed by atoms with Crippen LogP contribution < -0.4 is 42.0 Å². The number of carbonyl (C=O) groups is 9. The fraction of sp³-hybridized carbons (Fsp3) is 0.557. The standard InChI is InChI=1S/C61H84BrClN8O16/c1-33(2)51(68-48(72)25-16-13-20-36(5)84-56(77)35(4)32-62)54(75)67-42(23-18-26-65-58(64)79)53(74)66-41-22-15-14-21-40(41)55(76)70(9)38(7)57(78)86-47-30-49(73)71(10)43-28-39(29-44(82-11)50(43)63)27-34(3)19-17-24-46(83-12)61(81)31-45(85-59(80)69-61)37(6)52-60(47,8)87-52/h14-15,17,19,21-22,24,28-29,33,36-38,42,45-47,51-52,81H,4,13,16,18,20,23,25-27,30-32H2,1-3,5-12H3,(H,66,74)(H,67,75)(H,68,72)(H,69,80)(H3,64,65,79)/b24-17+,34-19+/t36?,37-,38+,42+,45+,46-,47+,51+,52+,60+,61+/m1/s1. The van der Waals surface area contributed by atoms with Crippen molar-refractivity contribution in [2.75, 3.05) is 50.4 Å². The van der Waals surface area contributed by atoms with Crippen LogP contribution in [0.2, 0.25) is 5.02 Å². The van der Waals surface area contributed by atoms with Crippen molar-refractivity contribution in [2.24, 2.45) is 17.6 Å². The van der Waals surface area contributed by atoms with Crippen molar-refractivity contribution in [1.82, 2.24) is 26.2 Å². The number of urea groups is 1. The van der Waals surface area contributed by atoms with Crippen molar-refractivity contribution in [1.29, 1.82) is 0 Å². The number of ether oxygens (including phenoxy) is 6. The maximum absolute atomic E-state index is 14.6. The molecule has 87 heavy (non-hydrogen) atoms. The minimum Gasteiger partial charge on any atom is -0.495 e. The maximum Gasteiger partial charge on any atom is 0.409 e. The summed E-state index contributed by atoms with van der Waals surface area (Å²) in [6.45, 7) is 15.6. The molecule has 26 heteroatoms. The lowest BCUT2D eigenvalue weighted by Crippen LogP contribution is -2.63. The fourth-order valence-electron chi connectivity index (χ4n) is 10.3. The van der Waals surface area contributed by atoms with Gasteiger partial charge in [0.25, 0.3) is 5.91 Å². The number of carbonyl (C=O) groups excluding carboxylic acids is 9. The molecule has 0 aliphatic carbocycles. The molecule has 3 aliphatic heterocycles. The summed E-state index contributed by atoms with van der Waals surface area (Å²) in [5, 5.41) is 25.6. The largest absolute Gasteiger partial charge is 0.495 e. The summed E-state index contributed by atoms with van der Waals surface area (Å²) in [6, 6.07) is 4.99. The molecule has 0 aromatic heterocycles. The van der Waals surface area contributed by atoms with E-state index < -0.39 is 132 Å². The molecule has 3 heterocycles. The molecule has 24 nitrogen and oxygen atoms in total. The number of esters is 2. The normalized spacial score (nSPS) is 24.3. The van der Waals surface area contributed by atoms with Gasteiger partial charge in [-0.3, -0.25) is 29.3 Å². The summed E-state index contributed by atoms with van der Waals surface area (Å²) in [5.74, 6) is -5.39. The summed E-state index contributed by atoms with van der Waals surface area (Å²) in [7, 11) is 5.71.